The summed E-state index contributed by atoms with van der Waals surface area (Å²) in [5.41, 5.74) is 1.07. The van der Waals surface area contributed by atoms with Crippen LogP contribution in [0.1, 0.15) is 23.2 Å². The average Bonchev–Trinajstić information content (AvgIpc) is 3.27. The molecule has 2 aromatic rings. The van der Waals surface area contributed by atoms with Gasteiger partial charge in [-0.05, 0) is 25.5 Å². The first kappa shape index (κ1) is 19.1. The number of thiophene rings is 1. The number of nitrogens with one attached hydrogen (secondary N) is 2. The Balaban J connectivity index is 1.80. The van der Waals surface area contributed by atoms with Crippen molar-refractivity contribution in [1.82, 2.24) is 20.2 Å². The summed E-state index contributed by atoms with van der Waals surface area (Å²) in [4.78, 5) is 13.7. The van der Waals surface area contributed by atoms with E-state index in [2.05, 4.69) is 26.8 Å². The van der Waals surface area contributed by atoms with E-state index >= 15 is 0 Å². The Kier molecular flexibility index (Phi) is 4.58. The Hall–Kier alpha value is -2.19. The van der Waals surface area contributed by atoms with E-state index in [4.69, 9.17) is 17.0 Å². The van der Waals surface area contributed by atoms with Gasteiger partial charge in [-0.2, -0.15) is 0 Å². The van der Waals surface area contributed by atoms with E-state index in [1.54, 1.807) is 11.8 Å². The number of guanidine groups is 1. The lowest BCUT2D eigenvalue weighted by molar-refractivity contribution is 0.274. The zero-order valence-electron chi connectivity index (χ0n) is 16.0. The number of fused-ring (bicyclic) bond motifs is 1. The van der Waals surface area contributed by atoms with E-state index < -0.39 is 5.54 Å². The van der Waals surface area contributed by atoms with Gasteiger partial charge in [-0.1, -0.05) is 25.1 Å². The zero-order valence-corrected chi connectivity index (χ0v) is 17.6. The predicted octanol–water partition coefficient (Wildman–Crippen LogP) is 3.52. The van der Waals surface area contributed by atoms with Crippen LogP contribution in [0, 0.1) is 24.1 Å². The first-order valence-electron chi connectivity index (χ1n) is 9.10. The Labute approximate surface area is 172 Å². The lowest BCUT2D eigenvalue weighted by atomic mass is 9.81. The van der Waals surface area contributed by atoms with Crippen LogP contribution in [0.4, 0.5) is 10.3 Å². The van der Waals surface area contributed by atoms with Crippen LogP contribution in [-0.2, 0) is 12.0 Å². The van der Waals surface area contributed by atoms with Gasteiger partial charge in [0.15, 0.2) is 11.8 Å². The minimum atomic E-state index is -0.545. The predicted molar refractivity (Wildman–Crippen MR) is 111 cm³/mol. The van der Waals surface area contributed by atoms with Crippen molar-refractivity contribution in [2.45, 2.75) is 25.8 Å². The van der Waals surface area contributed by atoms with Crippen molar-refractivity contribution >= 4 is 34.8 Å². The van der Waals surface area contributed by atoms with Gasteiger partial charge < -0.3 is 15.1 Å². The van der Waals surface area contributed by atoms with Crippen LogP contribution in [0.3, 0.4) is 0 Å². The fourth-order valence-corrected chi connectivity index (χ4v) is 5.27. The third-order valence-corrected chi connectivity index (χ3v) is 7.06. The van der Waals surface area contributed by atoms with E-state index in [1.807, 2.05) is 26.1 Å². The highest BCUT2D eigenvalue weighted by Crippen LogP contribution is 2.47. The van der Waals surface area contributed by atoms with Gasteiger partial charge in [0.05, 0.1) is 15.7 Å². The minimum Gasteiger partial charge on any atom is -0.343 e. The molecule has 0 saturated carbocycles. The molecule has 2 atom stereocenters. The Bertz CT molecular complexity index is 975. The molecule has 4 heterocycles. The van der Waals surface area contributed by atoms with Gasteiger partial charge >= 0.3 is 0 Å². The number of nitrogens with zero attached hydrogens (tertiary/aromatic N) is 4. The summed E-state index contributed by atoms with van der Waals surface area (Å²) in [5, 5.41) is 11.8. The van der Waals surface area contributed by atoms with Gasteiger partial charge in [0.25, 0.3) is 0 Å². The molecule has 6 nitrogen and oxygen atoms in total. The van der Waals surface area contributed by atoms with Crippen molar-refractivity contribution in [3.05, 3.63) is 50.8 Å². The molecular formula is C19H22ClFN6S. The molecule has 4 rings (SSSR count). The van der Waals surface area contributed by atoms with E-state index in [0.29, 0.717) is 41.2 Å². The average molecular weight is 421 g/mol. The smallest absolute Gasteiger partial charge is 0.226 e. The molecule has 148 valence electrons. The second kappa shape index (κ2) is 6.70. The third-order valence-electron chi connectivity index (χ3n) is 5.65. The van der Waals surface area contributed by atoms with Crippen LogP contribution >= 0.6 is 22.9 Å². The largest absolute Gasteiger partial charge is 0.343 e. The van der Waals surface area contributed by atoms with Gasteiger partial charge in [-0.25, -0.2) is 14.4 Å². The molecule has 0 aromatic carbocycles. The second-order valence-electron chi connectivity index (χ2n) is 7.26. The number of aryl methyl sites for hydroxylation is 2. The maximum absolute atomic E-state index is 14.3. The molecule has 2 N–H and O–H groups in total. The molecule has 2 fully saturated rings. The summed E-state index contributed by atoms with van der Waals surface area (Å²) in [5.74, 6) is 0.459. The van der Waals surface area contributed by atoms with Crippen LogP contribution in [0.5, 0.6) is 0 Å². The summed E-state index contributed by atoms with van der Waals surface area (Å²) < 4.78 is 15.0. The highest BCUT2D eigenvalue weighted by atomic mass is 35.5. The van der Waals surface area contributed by atoms with E-state index in [-0.39, 0.29) is 17.7 Å². The maximum atomic E-state index is 14.3. The number of aromatic nitrogens is 2. The molecule has 0 spiro atoms. The summed E-state index contributed by atoms with van der Waals surface area (Å²) >= 11 is 7.72. The monoisotopic (exact) mass is 420 g/mol. The number of anilines is 1. The van der Waals surface area contributed by atoms with E-state index in [9.17, 15) is 4.39 Å². The van der Waals surface area contributed by atoms with Crippen molar-refractivity contribution < 1.29 is 4.39 Å². The van der Waals surface area contributed by atoms with Crippen LogP contribution < -0.4 is 10.2 Å². The summed E-state index contributed by atoms with van der Waals surface area (Å²) in [6.07, 6.45) is 0.503. The molecule has 2 aliphatic heterocycles. The van der Waals surface area contributed by atoms with Crippen LogP contribution in [0.15, 0.2) is 24.4 Å². The minimum absolute atomic E-state index is 0.000326. The van der Waals surface area contributed by atoms with Crippen LogP contribution in [0.25, 0.3) is 0 Å². The lowest BCUT2D eigenvalue weighted by Crippen LogP contribution is -2.60. The van der Waals surface area contributed by atoms with Gasteiger partial charge in [0.1, 0.15) is 5.54 Å². The number of rotatable bonds is 3. The number of hydrogen-bond acceptors (Lipinski definition) is 5. The third kappa shape index (κ3) is 2.78. The summed E-state index contributed by atoms with van der Waals surface area (Å²) in [6.45, 7) is 8.95. The molecule has 0 amide bonds. The Morgan fingerprint density at radius 1 is 1.46 bits per heavy atom. The molecule has 28 heavy (non-hydrogen) atoms. The molecule has 9 heteroatoms. The van der Waals surface area contributed by atoms with Gasteiger partial charge in [-0.15, -0.1) is 11.3 Å². The SMILES string of the molecule is C=C1[C@@H]2CN(c3nc(C)c(F)c(CC)n3)C[C@]2(c2ccc(Cl)s2)NC(=N)N1C. The molecule has 2 aromatic heterocycles. The van der Waals surface area contributed by atoms with Crippen LogP contribution in [0.2, 0.25) is 4.34 Å². The van der Waals surface area contributed by atoms with Gasteiger partial charge in [0.2, 0.25) is 5.95 Å². The molecule has 0 bridgehead atoms. The van der Waals surface area contributed by atoms with Crippen molar-refractivity contribution in [3.63, 3.8) is 0 Å². The lowest BCUT2D eigenvalue weighted by Gasteiger charge is -2.45. The topological polar surface area (TPSA) is 68.1 Å². The molecule has 0 aliphatic carbocycles. The zero-order chi connectivity index (χ0) is 20.2. The molecule has 2 aliphatic rings. The molecular weight excluding hydrogens is 399 g/mol. The first-order chi connectivity index (χ1) is 13.3. The Morgan fingerprint density at radius 3 is 2.86 bits per heavy atom. The summed E-state index contributed by atoms with van der Waals surface area (Å²) in [7, 11) is 1.83. The van der Waals surface area contributed by atoms with Crippen molar-refractivity contribution in [2.24, 2.45) is 5.92 Å². The normalized spacial score (nSPS) is 24.5. The first-order valence-corrected chi connectivity index (χ1v) is 10.3. The van der Waals surface area contributed by atoms with E-state index in [1.165, 1.54) is 11.3 Å². The molecule has 0 radical (unpaired) electrons. The number of hydrogen-bond donors (Lipinski definition) is 2. The maximum Gasteiger partial charge on any atom is 0.226 e. The van der Waals surface area contributed by atoms with Gasteiger partial charge in [0, 0.05) is 36.6 Å². The summed E-state index contributed by atoms with van der Waals surface area (Å²) in [6, 6.07) is 3.87. The highest BCUT2D eigenvalue weighted by molar-refractivity contribution is 7.16. The quantitative estimate of drug-likeness (QED) is 0.795. The highest BCUT2D eigenvalue weighted by Gasteiger charge is 2.55. The fourth-order valence-electron chi connectivity index (χ4n) is 4.04. The van der Waals surface area contributed by atoms with Gasteiger partial charge in [-0.3, -0.25) is 5.41 Å². The second-order valence-corrected chi connectivity index (χ2v) is 8.97. The van der Waals surface area contributed by atoms with E-state index in [0.717, 1.165) is 10.6 Å². The molecule has 0 unspecified atom stereocenters. The standard InChI is InChI=1S/C19H22ClFN6S/c1-5-13-16(21)10(2)23-18(24-13)27-8-12-11(3)26(4)17(22)25-19(12,9-27)14-6-7-15(20)28-14/h6-7,12H,3,5,8-9H2,1-2,4H3,(H2,22,25)/t12-,19-/m0/s1. The van der Waals surface area contributed by atoms with Crippen molar-refractivity contribution in [1.29, 1.82) is 5.41 Å². The van der Waals surface area contributed by atoms with Crippen molar-refractivity contribution in [2.75, 3.05) is 25.0 Å². The fraction of sp³-hybridized carbons (Fsp3) is 0.421. The van der Waals surface area contributed by atoms with Crippen molar-refractivity contribution in [3.8, 4) is 0 Å². The van der Waals surface area contributed by atoms with Crippen LogP contribution in [-0.4, -0.2) is 41.0 Å². The molecule has 2 saturated heterocycles. The Morgan fingerprint density at radius 2 is 2.21 bits per heavy atom. The number of halogens is 2.